The molecular formula is C46H29NOS. The van der Waals surface area contributed by atoms with Crippen molar-refractivity contribution in [2.75, 3.05) is 4.90 Å². The molecule has 0 unspecified atom stereocenters. The topological polar surface area (TPSA) is 16.4 Å². The van der Waals surface area contributed by atoms with Crippen molar-refractivity contribution in [3.05, 3.63) is 176 Å². The Hall–Kier alpha value is -6.16. The second kappa shape index (κ2) is 11.2. The number of hydrogen-bond donors (Lipinski definition) is 0. The van der Waals surface area contributed by atoms with Crippen molar-refractivity contribution in [2.45, 2.75) is 0 Å². The number of nitrogens with zero attached hydrogens (tertiary/aromatic N) is 1. The van der Waals surface area contributed by atoms with E-state index in [0.717, 1.165) is 44.4 Å². The van der Waals surface area contributed by atoms with Crippen molar-refractivity contribution in [1.82, 2.24) is 0 Å². The van der Waals surface area contributed by atoms with Crippen LogP contribution in [0, 0.1) is 0 Å². The third-order valence-corrected chi connectivity index (χ3v) is 10.8. The van der Waals surface area contributed by atoms with Crippen molar-refractivity contribution in [3.8, 4) is 22.3 Å². The van der Waals surface area contributed by atoms with E-state index in [4.69, 9.17) is 4.42 Å². The van der Waals surface area contributed by atoms with E-state index in [1.54, 1.807) is 0 Å². The van der Waals surface area contributed by atoms with Crippen LogP contribution in [0.2, 0.25) is 0 Å². The molecule has 0 aliphatic heterocycles. The van der Waals surface area contributed by atoms with Gasteiger partial charge in [0.25, 0.3) is 0 Å². The maximum Gasteiger partial charge on any atom is 0.143 e. The van der Waals surface area contributed by atoms with E-state index < -0.39 is 0 Å². The number of anilines is 3. The van der Waals surface area contributed by atoms with Crippen LogP contribution < -0.4 is 4.90 Å². The van der Waals surface area contributed by atoms with Crippen molar-refractivity contribution >= 4 is 81.3 Å². The van der Waals surface area contributed by atoms with Crippen LogP contribution in [0.5, 0.6) is 0 Å². The zero-order chi connectivity index (χ0) is 32.3. The highest BCUT2D eigenvalue weighted by atomic mass is 32.1. The van der Waals surface area contributed by atoms with Crippen LogP contribution in [-0.2, 0) is 0 Å². The summed E-state index contributed by atoms with van der Waals surface area (Å²) in [6.07, 6.45) is 0. The third-order valence-electron chi connectivity index (χ3n) is 9.66. The summed E-state index contributed by atoms with van der Waals surface area (Å²) in [5.41, 5.74) is 9.82. The Balaban J connectivity index is 1.15. The van der Waals surface area contributed by atoms with E-state index in [-0.39, 0.29) is 0 Å². The molecule has 0 radical (unpaired) electrons. The molecule has 10 aromatic rings. The fourth-order valence-electron chi connectivity index (χ4n) is 7.31. The summed E-state index contributed by atoms with van der Waals surface area (Å²) >= 11 is 1.86. The molecule has 0 amide bonds. The maximum absolute atomic E-state index is 6.63. The molecule has 49 heavy (non-hydrogen) atoms. The Morgan fingerprint density at radius 3 is 1.98 bits per heavy atom. The van der Waals surface area contributed by atoms with Crippen LogP contribution in [0.1, 0.15) is 0 Å². The Morgan fingerprint density at radius 1 is 0.408 bits per heavy atom. The summed E-state index contributed by atoms with van der Waals surface area (Å²) in [4.78, 5) is 2.37. The lowest BCUT2D eigenvalue weighted by molar-refractivity contribution is 0.672. The summed E-state index contributed by atoms with van der Waals surface area (Å²) < 4.78 is 9.27. The van der Waals surface area contributed by atoms with Crippen LogP contribution in [0.4, 0.5) is 17.1 Å². The number of benzene rings is 8. The first kappa shape index (κ1) is 27.9. The van der Waals surface area contributed by atoms with Gasteiger partial charge in [-0.15, -0.1) is 11.3 Å². The number of hydrogen-bond acceptors (Lipinski definition) is 3. The highest BCUT2D eigenvalue weighted by molar-refractivity contribution is 7.25. The molecule has 2 nitrogen and oxygen atoms in total. The molecule has 2 heterocycles. The second-order valence-corrected chi connectivity index (χ2v) is 13.6. The average molecular weight is 644 g/mol. The van der Waals surface area contributed by atoms with Crippen molar-refractivity contribution in [2.24, 2.45) is 0 Å². The molecule has 0 saturated heterocycles. The van der Waals surface area contributed by atoms with Crippen LogP contribution in [0.25, 0.3) is 75.1 Å². The van der Waals surface area contributed by atoms with E-state index in [1.165, 1.54) is 47.8 Å². The van der Waals surface area contributed by atoms with Gasteiger partial charge < -0.3 is 9.32 Å². The zero-order valence-corrected chi connectivity index (χ0v) is 27.3. The number of thiophene rings is 1. The molecular weight excluding hydrogens is 615 g/mol. The molecule has 0 bridgehead atoms. The van der Waals surface area contributed by atoms with Gasteiger partial charge in [-0.05, 0) is 82.2 Å². The summed E-state index contributed by atoms with van der Waals surface area (Å²) in [6.45, 7) is 0. The minimum atomic E-state index is 0.876. The molecule has 0 fully saturated rings. The van der Waals surface area contributed by atoms with Gasteiger partial charge in [-0.3, -0.25) is 0 Å². The normalized spacial score (nSPS) is 11.7. The predicted molar refractivity (Wildman–Crippen MR) is 210 cm³/mol. The van der Waals surface area contributed by atoms with Crippen LogP contribution in [-0.4, -0.2) is 0 Å². The average Bonchev–Trinajstić information content (AvgIpc) is 3.75. The van der Waals surface area contributed by atoms with Gasteiger partial charge in [0.05, 0.1) is 11.1 Å². The highest BCUT2D eigenvalue weighted by Gasteiger charge is 2.21. The lowest BCUT2D eigenvalue weighted by Gasteiger charge is -2.27. The highest BCUT2D eigenvalue weighted by Crippen LogP contribution is 2.45. The second-order valence-electron chi connectivity index (χ2n) is 12.5. The van der Waals surface area contributed by atoms with Gasteiger partial charge in [-0.1, -0.05) is 121 Å². The standard InChI is InChI=1S/C46H29NOS/c1-2-10-30(11-3-1)33-13-8-14-36(28-33)47(41-17-9-18-42-45(41)40-27-22-32-12-4-5-15-37(32)46(40)48-42)35-24-20-31(21-25-35)34-23-26-39-38-16-6-7-19-43(38)49-44(39)29-34/h1-29H. The largest absolute Gasteiger partial charge is 0.455 e. The first-order chi connectivity index (χ1) is 24.3. The van der Waals surface area contributed by atoms with Crippen molar-refractivity contribution < 1.29 is 4.42 Å². The molecule has 0 N–H and O–H groups in total. The van der Waals surface area contributed by atoms with Crippen LogP contribution >= 0.6 is 11.3 Å². The quantitative estimate of drug-likeness (QED) is 0.186. The van der Waals surface area contributed by atoms with Gasteiger partial charge in [-0.25, -0.2) is 0 Å². The van der Waals surface area contributed by atoms with Crippen molar-refractivity contribution in [3.63, 3.8) is 0 Å². The van der Waals surface area contributed by atoms with E-state index in [2.05, 4.69) is 181 Å². The Bertz CT molecular complexity index is 2830. The molecule has 0 atom stereocenters. The molecule has 0 saturated carbocycles. The summed E-state index contributed by atoms with van der Waals surface area (Å²) in [5, 5.41) is 7.16. The molecule has 230 valence electrons. The van der Waals surface area contributed by atoms with E-state index in [1.807, 2.05) is 11.3 Å². The Kier molecular flexibility index (Phi) is 6.39. The lowest BCUT2D eigenvalue weighted by Crippen LogP contribution is -2.10. The molecule has 10 rings (SSSR count). The minimum absolute atomic E-state index is 0.876. The predicted octanol–water partition coefficient (Wildman–Crippen LogP) is 13.9. The monoisotopic (exact) mass is 643 g/mol. The Morgan fingerprint density at radius 2 is 1.08 bits per heavy atom. The maximum atomic E-state index is 6.63. The molecule has 0 aliphatic rings. The zero-order valence-electron chi connectivity index (χ0n) is 26.5. The molecule has 3 heteroatoms. The molecule has 2 aromatic heterocycles. The fourth-order valence-corrected chi connectivity index (χ4v) is 8.46. The van der Waals surface area contributed by atoms with Gasteiger partial charge in [-0.2, -0.15) is 0 Å². The summed E-state index contributed by atoms with van der Waals surface area (Å²) in [6, 6.07) is 63.2. The lowest BCUT2D eigenvalue weighted by atomic mass is 10.0. The smallest absolute Gasteiger partial charge is 0.143 e. The van der Waals surface area contributed by atoms with Gasteiger partial charge in [0.2, 0.25) is 0 Å². The number of fused-ring (bicyclic) bond motifs is 8. The summed E-state index contributed by atoms with van der Waals surface area (Å²) in [7, 11) is 0. The van der Waals surface area contributed by atoms with Crippen LogP contribution in [0.15, 0.2) is 180 Å². The SMILES string of the molecule is c1ccc(-c2cccc(N(c3ccc(-c4ccc5c(c4)sc4ccccc45)cc3)c3cccc4oc5c6ccccc6ccc5c34)c2)cc1. The summed E-state index contributed by atoms with van der Waals surface area (Å²) in [5.74, 6) is 0. The first-order valence-corrected chi connectivity index (χ1v) is 17.4. The minimum Gasteiger partial charge on any atom is -0.455 e. The molecule has 8 aromatic carbocycles. The number of rotatable bonds is 5. The van der Waals surface area contributed by atoms with E-state index in [9.17, 15) is 0 Å². The fraction of sp³-hybridized carbons (Fsp3) is 0. The molecule has 0 spiro atoms. The van der Waals surface area contributed by atoms with Gasteiger partial charge in [0.15, 0.2) is 0 Å². The van der Waals surface area contributed by atoms with Crippen molar-refractivity contribution in [1.29, 1.82) is 0 Å². The van der Waals surface area contributed by atoms with E-state index in [0.29, 0.717) is 0 Å². The van der Waals surface area contributed by atoms with Crippen LogP contribution in [0.3, 0.4) is 0 Å². The Labute approximate surface area is 287 Å². The first-order valence-electron chi connectivity index (χ1n) is 16.6. The number of furan rings is 1. The van der Waals surface area contributed by atoms with Gasteiger partial charge in [0, 0.05) is 42.3 Å². The van der Waals surface area contributed by atoms with Gasteiger partial charge in [0.1, 0.15) is 11.2 Å². The van der Waals surface area contributed by atoms with E-state index >= 15 is 0 Å². The molecule has 0 aliphatic carbocycles. The third kappa shape index (κ3) is 4.62. The van der Waals surface area contributed by atoms with Gasteiger partial charge >= 0.3 is 0 Å².